The van der Waals surface area contributed by atoms with Crippen molar-refractivity contribution >= 4 is 40.9 Å². The fourth-order valence-corrected chi connectivity index (χ4v) is 11.1. The van der Waals surface area contributed by atoms with Crippen LogP contribution in [0.1, 0.15) is 118 Å². The van der Waals surface area contributed by atoms with Crippen molar-refractivity contribution in [3.63, 3.8) is 0 Å². The number of carbonyl (C=O) groups excluding carboxylic acids is 4. The first-order valence-corrected chi connectivity index (χ1v) is 22.3. The van der Waals surface area contributed by atoms with Crippen LogP contribution in [0.15, 0.2) is 60.7 Å². The monoisotopic (exact) mass is 864 g/mol. The standard InChI is InChI=1S/C48H57ClN6O7/c1-27(2)54(32-21-35(22-32)61-33-13-14-36-37(23-33)44(60)55(43(36)59)39-15-16-40(56)51-42(39)58)26-28-17-19-53(20-18-28)31-10-7-29(8-11-31)41(57)52-45-47(3,4)46(48(45,5)6)62-34-12-9-30(25-50)38(49)24-34/h7-14,23-24,27-28,32,35,39,43,45-46,59H,15-22,26H2,1-6H3,(H,52,57)(H,51,56,58). The molecule has 14 heteroatoms. The average molecular weight is 865 g/mol. The lowest BCUT2D eigenvalue weighted by Gasteiger charge is -2.63. The number of imide groups is 1. The number of benzene rings is 3. The highest BCUT2D eigenvalue weighted by atomic mass is 35.5. The number of piperidine rings is 2. The molecular weight excluding hydrogens is 808 g/mol. The fourth-order valence-electron chi connectivity index (χ4n) is 10.9. The summed E-state index contributed by atoms with van der Waals surface area (Å²) < 4.78 is 12.7. The third-order valence-electron chi connectivity index (χ3n) is 14.1. The van der Waals surface area contributed by atoms with Crippen LogP contribution in [0.3, 0.4) is 0 Å². The second-order valence-electron chi connectivity index (χ2n) is 19.2. The second kappa shape index (κ2) is 16.8. The Bertz CT molecular complexity index is 2260. The maximum atomic E-state index is 13.6. The summed E-state index contributed by atoms with van der Waals surface area (Å²) in [6.07, 6.45) is 2.77. The number of hydrogen-bond donors (Lipinski definition) is 3. The minimum absolute atomic E-state index is 0.0108. The number of aliphatic hydroxyl groups is 1. The van der Waals surface area contributed by atoms with Gasteiger partial charge in [-0.15, -0.1) is 0 Å². The average Bonchev–Trinajstić information content (AvgIpc) is 3.47. The van der Waals surface area contributed by atoms with Gasteiger partial charge in [-0.25, -0.2) is 0 Å². The Labute approximate surface area is 368 Å². The van der Waals surface area contributed by atoms with Crippen LogP contribution in [0.25, 0.3) is 0 Å². The number of fused-ring (bicyclic) bond motifs is 1. The number of hydrogen-bond acceptors (Lipinski definition) is 10. The first-order valence-electron chi connectivity index (χ1n) is 21.9. The molecule has 0 radical (unpaired) electrons. The summed E-state index contributed by atoms with van der Waals surface area (Å²) in [6, 6.07) is 20.0. The number of carbonyl (C=O) groups is 4. The highest BCUT2D eigenvalue weighted by molar-refractivity contribution is 6.31. The quantitative estimate of drug-likeness (QED) is 0.169. The molecular formula is C48H57ClN6O7. The Kier molecular flexibility index (Phi) is 11.8. The lowest BCUT2D eigenvalue weighted by molar-refractivity contribution is -0.164. The van der Waals surface area contributed by atoms with Gasteiger partial charge in [0.15, 0.2) is 6.23 Å². The number of rotatable bonds is 12. The predicted molar refractivity (Wildman–Crippen MR) is 234 cm³/mol. The van der Waals surface area contributed by atoms with Gasteiger partial charge in [-0.1, -0.05) is 45.4 Å². The highest BCUT2D eigenvalue weighted by Crippen LogP contribution is 2.55. The molecule has 328 valence electrons. The minimum Gasteiger partial charge on any atom is -0.490 e. The van der Waals surface area contributed by atoms with Crippen molar-refractivity contribution in [2.45, 2.75) is 123 Å². The number of aliphatic hydroxyl groups excluding tert-OH is 1. The Morgan fingerprint density at radius 1 is 0.968 bits per heavy atom. The summed E-state index contributed by atoms with van der Waals surface area (Å²) in [6.45, 7) is 15.8. The molecule has 2 saturated carbocycles. The zero-order chi connectivity index (χ0) is 44.2. The molecule has 62 heavy (non-hydrogen) atoms. The first kappa shape index (κ1) is 43.5. The summed E-state index contributed by atoms with van der Waals surface area (Å²) in [5.74, 6) is 0.231. The number of nitriles is 1. The smallest absolute Gasteiger partial charge is 0.257 e. The third-order valence-corrected chi connectivity index (χ3v) is 14.4. The molecule has 3 heterocycles. The Hall–Kier alpha value is -5.16. The lowest BCUT2D eigenvalue weighted by atomic mass is 9.49. The van der Waals surface area contributed by atoms with E-state index < -0.39 is 24.1 Å². The van der Waals surface area contributed by atoms with E-state index in [1.54, 1.807) is 36.4 Å². The van der Waals surface area contributed by atoms with Crippen molar-refractivity contribution in [1.29, 1.82) is 5.26 Å². The van der Waals surface area contributed by atoms with Crippen LogP contribution in [0.2, 0.25) is 5.02 Å². The second-order valence-corrected chi connectivity index (χ2v) is 19.6. The van der Waals surface area contributed by atoms with Crippen LogP contribution < -0.4 is 25.0 Å². The van der Waals surface area contributed by atoms with Crippen molar-refractivity contribution < 1.29 is 33.8 Å². The third kappa shape index (κ3) is 8.13. The zero-order valence-corrected chi connectivity index (χ0v) is 37.1. The van der Waals surface area contributed by atoms with Gasteiger partial charge in [0.1, 0.15) is 35.8 Å². The van der Waals surface area contributed by atoms with E-state index in [0.29, 0.717) is 56.8 Å². The van der Waals surface area contributed by atoms with Gasteiger partial charge in [0.2, 0.25) is 11.8 Å². The van der Waals surface area contributed by atoms with Crippen molar-refractivity contribution in [1.82, 2.24) is 20.4 Å². The van der Waals surface area contributed by atoms with E-state index in [9.17, 15) is 29.5 Å². The molecule has 3 aromatic carbocycles. The maximum Gasteiger partial charge on any atom is 0.257 e. The lowest BCUT2D eigenvalue weighted by Crippen LogP contribution is -2.74. The number of halogens is 1. The molecule has 4 amide bonds. The molecule has 5 aliphatic rings. The largest absolute Gasteiger partial charge is 0.490 e. The summed E-state index contributed by atoms with van der Waals surface area (Å²) in [5.41, 5.74) is 2.18. The van der Waals surface area contributed by atoms with Crippen LogP contribution in [0, 0.1) is 28.1 Å². The van der Waals surface area contributed by atoms with Crippen molar-refractivity contribution in [3.05, 3.63) is 87.9 Å². The highest BCUT2D eigenvalue weighted by Gasteiger charge is 2.64. The van der Waals surface area contributed by atoms with Crippen LogP contribution in [0.4, 0.5) is 5.69 Å². The molecule has 13 nitrogen and oxygen atoms in total. The molecule has 0 bridgehead atoms. The van der Waals surface area contributed by atoms with Gasteiger partial charge in [-0.3, -0.25) is 34.3 Å². The first-order chi connectivity index (χ1) is 29.5. The molecule has 0 aromatic heterocycles. The number of anilines is 1. The predicted octanol–water partition coefficient (Wildman–Crippen LogP) is 6.61. The van der Waals surface area contributed by atoms with Crippen LogP contribution in [-0.4, -0.2) is 94.5 Å². The Morgan fingerprint density at radius 2 is 1.63 bits per heavy atom. The topological polar surface area (TPSA) is 165 Å². The summed E-state index contributed by atoms with van der Waals surface area (Å²) in [4.78, 5) is 57.2. The summed E-state index contributed by atoms with van der Waals surface area (Å²) in [7, 11) is 0. The van der Waals surface area contributed by atoms with Crippen molar-refractivity contribution in [3.8, 4) is 17.6 Å². The molecule has 2 atom stereocenters. The van der Waals surface area contributed by atoms with Gasteiger partial charge < -0.3 is 24.8 Å². The van der Waals surface area contributed by atoms with Crippen LogP contribution >= 0.6 is 11.6 Å². The fraction of sp³-hybridized carbons (Fsp3) is 0.521. The number of ether oxygens (including phenoxy) is 2. The summed E-state index contributed by atoms with van der Waals surface area (Å²) in [5, 5.41) is 26.1. The van der Waals surface area contributed by atoms with E-state index in [4.69, 9.17) is 21.1 Å². The molecule has 4 fully saturated rings. The van der Waals surface area contributed by atoms with Gasteiger partial charge in [-0.2, -0.15) is 5.26 Å². The molecule has 2 saturated heterocycles. The van der Waals surface area contributed by atoms with Crippen molar-refractivity contribution in [2.24, 2.45) is 16.7 Å². The van der Waals surface area contributed by atoms with Crippen LogP contribution in [0.5, 0.6) is 11.5 Å². The Balaban J connectivity index is 0.794. The molecule has 3 N–H and O–H groups in total. The number of nitrogens with zero attached hydrogens (tertiary/aromatic N) is 4. The van der Waals surface area contributed by atoms with Gasteiger partial charge in [0.25, 0.3) is 11.8 Å². The summed E-state index contributed by atoms with van der Waals surface area (Å²) >= 11 is 6.26. The normalized spacial score (nSPS) is 26.6. The van der Waals surface area contributed by atoms with Gasteiger partial charge in [0, 0.05) is 90.7 Å². The van der Waals surface area contributed by atoms with Gasteiger partial charge in [-0.05, 0) is 87.6 Å². The zero-order valence-electron chi connectivity index (χ0n) is 36.3. The molecule has 3 aromatic rings. The van der Waals surface area contributed by atoms with E-state index in [1.165, 1.54) is 4.90 Å². The van der Waals surface area contributed by atoms with E-state index in [2.05, 4.69) is 80.2 Å². The molecule has 2 unspecified atom stereocenters. The van der Waals surface area contributed by atoms with Gasteiger partial charge in [0.05, 0.1) is 16.1 Å². The molecule has 3 aliphatic heterocycles. The minimum atomic E-state index is -1.26. The van der Waals surface area contributed by atoms with E-state index in [-0.39, 0.29) is 53.7 Å². The molecule has 2 aliphatic carbocycles. The number of amides is 4. The van der Waals surface area contributed by atoms with E-state index >= 15 is 0 Å². The van der Waals surface area contributed by atoms with Gasteiger partial charge >= 0.3 is 0 Å². The SMILES string of the molecule is CC(C)N(CC1CCN(c2ccc(C(=O)NC3C(C)(C)C(Oc4ccc(C#N)c(Cl)c4)C3(C)C)cc2)CC1)C1CC(Oc2ccc3c(c2)C(=O)N(C2CCC(=O)NC2=O)C3O)C1. The number of nitrogens with one attached hydrogen (secondary N) is 2. The van der Waals surface area contributed by atoms with E-state index in [1.807, 2.05) is 12.1 Å². The van der Waals surface area contributed by atoms with Crippen LogP contribution in [-0.2, 0) is 9.59 Å². The van der Waals surface area contributed by atoms with E-state index in [0.717, 1.165) is 51.0 Å². The molecule has 0 spiro atoms. The molecule has 8 rings (SSSR count). The Morgan fingerprint density at radius 3 is 2.26 bits per heavy atom. The maximum absolute atomic E-state index is 13.6. The van der Waals surface area contributed by atoms with Crippen molar-refractivity contribution in [2.75, 3.05) is 24.5 Å².